The fourth-order valence-corrected chi connectivity index (χ4v) is 5.66. The molecule has 2 aliphatic heterocycles. The maximum Gasteiger partial charge on any atom is 0.257 e. The van der Waals surface area contributed by atoms with Gasteiger partial charge in [-0.3, -0.25) is 14.5 Å². The summed E-state index contributed by atoms with van der Waals surface area (Å²) in [6, 6.07) is 9.73. The summed E-state index contributed by atoms with van der Waals surface area (Å²) in [6.07, 6.45) is 1.15. The minimum Gasteiger partial charge on any atom is -0.493 e. The molecule has 0 bridgehead atoms. The summed E-state index contributed by atoms with van der Waals surface area (Å²) in [5.74, 6) is 0.181. The predicted octanol–water partition coefficient (Wildman–Crippen LogP) is 2.11. The molecule has 4 rings (SSSR count). The van der Waals surface area contributed by atoms with Crippen LogP contribution in [-0.4, -0.2) is 88.6 Å². The van der Waals surface area contributed by atoms with Crippen LogP contribution in [0.15, 0.2) is 36.4 Å². The molecule has 0 radical (unpaired) electrons. The number of nitrogens with one attached hydrogen (secondary N) is 1. The number of carbonyl (C=O) groups is 2. The molecule has 0 spiro atoms. The van der Waals surface area contributed by atoms with Crippen LogP contribution in [0, 0.1) is 0 Å². The number of morpholine rings is 1. The first kappa shape index (κ1) is 26.9. The van der Waals surface area contributed by atoms with Gasteiger partial charge in [-0.1, -0.05) is 18.2 Å². The molecular weight excluding hydrogens is 498 g/mol. The van der Waals surface area contributed by atoms with Crippen molar-refractivity contribution in [3.63, 3.8) is 0 Å². The summed E-state index contributed by atoms with van der Waals surface area (Å²) >= 11 is 0. The molecular formula is C26H33N3O7S. The molecule has 1 atom stereocenters. The van der Waals surface area contributed by atoms with Crippen molar-refractivity contribution in [2.75, 3.05) is 63.9 Å². The fourth-order valence-electron chi connectivity index (χ4n) is 4.71. The van der Waals surface area contributed by atoms with E-state index in [0.29, 0.717) is 61.2 Å². The first-order valence-electron chi connectivity index (χ1n) is 12.2. The number of ether oxygens (including phenoxy) is 3. The second-order valence-electron chi connectivity index (χ2n) is 9.16. The number of benzene rings is 2. The molecule has 0 saturated carbocycles. The van der Waals surface area contributed by atoms with E-state index in [-0.39, 0.29) is 30.7 Å². The first-order valence-corrected chi connectivity index (χ1v) is 14.3. The summed E-state index contributed by atoms with van der Waals surface area (Å²) in [7, 11) is -1.93. The van der Waals surface area contributed by atoms with Crippen molar-refractivity contribution in [2.24, 2.45) is 0 Å². The third-order valence-corrected chi connectivity index (χ3v) is 7.34. The van der Waals surface area contributed by atoms with Gasteiger partial charge in [-0.25, -0.2) is 8.42 Å². The van der Waals surface area contributed by atoms with Gasteiger partial charge in [-0.05, 0) is 36.2 Å². The Morgan fingerprint density at radius 2 is 1.92 bits per heavy atom. The van der Waals surface area contributed by atoms with E-state index < -0.39 is 15.9 Å². The molecule has 1 N–H and O–H groups in total. The van der Waals surface area contributed by atoms with Crippen LogP contribution in [0.3, 0.4) is 0 Å². The summed E-state index contributed by atoms with van der Waals surface area (Å²) in [6.45, 7) is 5.18. The molecule has 0 aliphatic carbocycles. The molecule has 200 valence electrons. The molecule has 1 fully saturated rings. The maximum absolute atomic E-state index is 13.7. The van der Waals surface area contributed by atoms with Gasteiger partial charge in [0.1, 0.15) is 9.84 Å². The van der Waals surface area contributed by atoms with Crippen LogP contribution in [0.2, 0.25) is 0 Å². The number of fused-ring (bicyclic) bond motifs is 1. The molecule has 10 nitrogen and oxygen atoms in total. The molecule has 2 heterocycles. The van der Waals surface area contributed by atoms with E-state index in [9.17, 15) is 18.0 Å². The SMILES string of the molecule is CCOc1cc([C@H](CS(C)(=O)=O)N2Cc3cccc(NC(=O)CN4CCOCC4)c3C2=O)ccc1OC. The summed E-state index contributed by atoms with van der Waals surface area (Å²) in [5.41, 5.74) is 2.15. The van der Waals surface area contributed by atoms with E-state index in [1.54, 1.807) is 35.2 Å². The normalized spacial score (nSPS) is 16.8. The molecule has 2 amide bonds. The van der Waals surface area contributed by atoms with Gasteiger partial charge in [0.05, 0.1) is 56.5 Å². The number of anilines is 1. The average molecular weight is 532 g/mol. The van der Waals surface area contributed by atoms with Crippen molar-refractivity contribution in [1.29, 1.82) is 0 Å². The largest absolute Gasteiger partial charge is 0.493 e. The van der Waals surface area contributed by atoms with Crippen molar-refractivity contribution in [2.45, 2.75) is 19.5 Å². The lowest BCUT2D eigenvalue weighted by atomic mass is 10.1. The Hall–Kier alpha value is -3.15. The van der Waals surface area contributed by atoms with Crippen LogP contribution in [0.5, 0.6) is 11.5 Å². The van der Waals surface area contributed by atoms with Crippen molar-refractivity contribution >= 4 is 27.3 Å². The molecule has 0 unspecified atom stereocenters. The number of sulfone groups is 1. The highest BCUT2D eigenvalue weighted by Crippen LogP contribution is 2.38. The first-order chi connectivity index (χ1) is 17.7. The second kappa shape index (κ2) is 11.5. The molecule has 2 aliphatic rings. The van der Waals surface area contributed by atoms with Crippen LogP contribution >= 0.6 is 0 Å². The third kappa shape index (κ3) is 6.41. The Kier molecular flexibility index (Phi) is 8.35. The number of methoxy groups -OCH3 is 1. The van der Waals surface area contributed by atoms with E-state index in [1.165, 1.54) is 7.11 Å². The van der Waals surface area contributed by atoms with Gasteiger partial charge in [0.2, 0.25) is 5.91 Å². The van der Waals surface area contributed by atoms with E-state index in [1.807, 2.05) is 17.9 Å². The van der Waals surface area contributed by atoms with Crippen LogP contribution in [-0.2, 0) is 25.9 Å². The Morgan fingerprint density at radius 1 is 1.16 bits per heavy atom. The van der Waals surface area contributed by atoms with E-state index >= 15 is 0 Å². The minimum absolute atomic E-state index is 0.202. The fraction of sp³-hybridized carbons (Fsp3) is 0.462. The van der Waals surface area contributed by atoms with Crippen LogP contribution in [0.4, 0.5) is 5.69 Å². The number of amides is 2. The van der Waals surface area contributed by atoms with Gasteiger partial charge in [0.15, 0.2) is 11.5 Å². The van der Waals surface area contributed by atoms with Crippen molar-refractivity contribution < 1.29 is 32.2 Å². The van der Waals surface area contributed by atoms with Crippen molar-refractivity contribution in [1.82, 2.24) is 9.80 Å². The van der Waals surface area contributed by atoms with Crippen LogP contribution in [0.1, 0.15) is 34.5 Å². The number of hydrogen-bond donors (Lipinski definition) is 1. The van der Waals surface area contributed by atoms with Gasteiger partial charge >= 0.3 is 0 Å². The minimum atomic E-state index is -3.46. The van der Waals surface area contributed by atoms with Crippen LogP contribution < -0.4 is 14.8 Å². The van der Waals surface area contributed by atoms with Crippen molar-refractivity contribution in [3.8, 4) is 11.5 Å². The third-order valence-electron chi connectivity index (χ3n) is 6.42. The molecule has 11 heteroatoms. The summed E-state index contributed by atoms with van der Waals surface area (Å²) < 4.78 is 41.2. The summed E-state index contributed by atoms with van der Waals surface area (Å²) in [4.78, 5) is 30.0. The highest BCUT2D eigenvalue weighted by atomic mass is 32.2. The number of rotatable bonds is 10. The van der Waals surface area contributed by atoms with Gasteiger partial charge in [0.25, 0.3) is 5.91 Å². The Labute approximate surface area is 217 Å². The Morgan fingerprint density at radius 3 is 2.59 bits per heavy atom. The number of carbonyl (C=O) groups excluding carboxylic acids is 2. The van der Waals surface area contributed by atoms with Gasteiger partial charge in [-0.15, -0.1) is 0 Å². The Bertz CT molecular complexity index is 1260. The smallest absolute Gasteiger partial charge is 0.257 e. The molecule has 37 heavy (non-hydrogen) atoms. The zero-order valence-corrected chi connectivity index (χ0v) is 22.2. The van der Waals surface area contributed by atoms with Crippen LogP contribution in [0.25, 0.3) is 0 Å². The molecule has 2 aromatic carbocycles. The predicted molar refractivity (Wildman–Crippen MR) is 139 cm³/mol. The molecule has 2 aromatic rings. The zero-order chi connectivity index (χ0) is 26.6. The quantitative estimate of drug-likeness (QED) is 0.496. The van der Waals surface area contributed by atoms with Gasteiger partial charge in [0, 0.05) is 25.9 Å². The zero-order valence-electron chi connectivity index (χ0n) is 21.4. The average Bonchev–Trinajstić information content (AvgIpc) is 3.20. The lowest BCUT2D eigenvalue weighted by Crippen LogP contribution is -2.41. The van der Waals surface area contributed by atoms with E-state index in [4.69, 9.17) is 14.2 Å². The lowest BCUT2D eigenvalue weighted by molar-refractivity contribution is -0.118. The number of hydrogen-bond acceptors (Lipinski definition) is 8. The highest BCUT2D eigenvalue weighted by Gasteiger charge is 2.37. The topological polar surface area (TPSA) is 114 Å². The Balaban J connectivity index is 1.62. The second-order valence-corrected chi connectivity index (χ2v) is 11.3. The molecule has 1 saturated heterocycles. The lowest BCUT2D eigenvalue weighted by Gasteiger charge is -2.28. The monoisotopic (exact) mass is 531 g/mol. The van der Waals surface area contributed by atoms with Gasteiger partial charge < -0.3 is 24.4 Å². The maximum atomic E-state index is 13.7. The van der Waals surface area contributed by atoms with E-state index in [2.05, 4.69) is 5.32 Å². The standard InChI is InChI=1S/C26H33N3O7S/c1-4-36-23-14-18(8-9-22(23)34-2)21(17-37(3,32)33)29-15-19-6-5-7-20(25(19)26(29)31)27-24(30)16-28-10-12-35-13-11-28/h5-9,14,21H,4,10-13,15-17H2,1-3H3,(H,27,30)/t21-/m0/s1. The van der Waals surface area contributed by atoms with Crippen molar-refractivity contribution in [3.05, 3.63) is 53.1 Å². The summed E-state index contributed by atoms with van der Waals surface area (Å²) in [5, 5.41) is 2.88. The number of nitrogens with zero attached hydrogens (tertiary/aromatic N) is 2. The highest BCUT2D eigenvalue weighted by molar-refractivity contribution is 7.90. The van der Waals surface area contributed by atoms with Gasteiger partial charge in [-0.2, -0.15) is 0 Å². The van der Waals surface area contributed by atoms with E-state index in [0.717, 1.165) is 11.8 Å². The molecule has 0 aromatic heterocycles.